The molecule has 1 aromatic rings. The van der Waals surface area contributed by atoms with Gasteiger partial charge in [-0.2, -0.15) is 0 Å². The van der Waals surface area contributed by atoms with Crippen LogP contribution < -0.4 is 4.74 Å². The van der Waals surface area contributed by atoms with E-state index < -0.39 is 0 Å². The minimum Gasteiger partial charge on any atom is -0.496 e. The summed E-state index contributed by atoms with van der Waals surface area (Å²) in [5, 5.41) is 0. The second kappa shape index (κ2) is 5.69. The van der Waals surface area contributed by atoms with E-state index in [1.807, 2.05) is 25.1 Å². The Morgan fingerprint density at radius 1 is 1.38 bits per heavy atom. The maximum absolute atomic E-state index is 12.0. The molecule has 0 saturated heterocycles. The van der Waals surface area contributed by atoms with Crippen molar-refractivity contribution in [1.29, 1.82) is 0 Å². The van der Waals surface area contributed by atoms with Gasteiger partial charge in [0.2, 0.25) is 0 Å². The molecule has 1 rings (SSSR count). The Bertz CT molecular complexity index is 367. The molecule has 0 spiro atoms. The number of hydrogen-bond acceptors (Lipinski definition) is 2. The average molecular weight is 220 g/mol. The number of Topliss-reactive ketones (excluding diaryl/α,β-unsaturated/α-hetero) is 1. The normalized spacial score (nSPS) is 10.6. The lowest BCUT2D eigenvalue weighted by Crippen LogP contribution is -2.04. The molecule has 0 heterocycles. The second-order valence-corrected chi connectivity index (χ2v) is 4.56. The van der Waals surface area contributed by atoms with E-state index in [9.17, 15) is 4.79 Å². The molecule has 88 valence electrons. The topological polar surface area (TPSA) is 26.3 Å². The van der Waals surface area contributed by atoms with Gasteiger partial charge < -0.3 is 4.74 Å². The molecule has 2 nitrogen and oxygen atoms in total. The van der Waals surface area contributed by atoms with Crippen LogP contribution in [0.3, 0.4) is 0 Å². The molecular formula is C14H20O2. The van der Waals surface area contributed by atoms with Crippen molar-refractivity contribution in [1.82, 2.24) is 0 Å². The van der Waals surface area contributed by atoms with Gasteiger partial charge in [0.05, 0.1) is 12.7 Å². The van der Waals surface area contributed by atoms with Crippen molar-refractivity contribution in [3.05, 3.63) is 29.3 Å². The van der Waals surface area contributed by atoms with Gasteiger partial charge in [0.25, 0.3) is 0 Å². The number of hydrogen-bond donors (Lipinski definition) is 0. The number of carbonyl (C=O) groups excluding carboxylic acids is 1. The number of aryl methyl sites for hydroxylation is 1. The maximum Gasteiger partial charge on any atom is 0.166 e. The highest BCUT2D eigenvalue weighted by Crippen LogP contribution is 2.22. The minimum atomic E-state index is 0.175. The van der Waals surface area contributed by atoms with E-state index in [2.05, 4.69) is 13.8 Å². The standard InChI is InChI=1S/C14H20O2/c1-10(2)5-7-13(15)12-9-11(3)6-8-14(12)16-4/h6,8-10H,5,7H2,1-4H3. The molecule has 0 bridgehead atoms. The van der Waals surface area contributed by atoms with Gasteiger partial charge in [0.15, 0.2) is 5.78 Å². The van der Waals surface area contributed by atoms with Gasteiger partial charge in [0.1, 0.15) is 5.75 Å². The molecule has 0 aliphatic rings. The summed E-state index contributed by atoms with van der Waals surface area (Å²) in [7, 11) is 1.60. The lowest BCUT2D eigenvalue weighted by atomic mass is 9.99. The lowest BCUT2D eigenvalue weighted by Gasteiger charge is -2.09. The molecule has 0 N–H and O–H groups in total. The van der Waals surface area contributed by atoms with Gasteiger partial charge >= 0.3 is 0 Å². The van der Waals surface area contributed by atoms with Gasteiger partial charge in [-0.3, -0.25) is 4.79 Å². The molecule has 0 atom stereocenters. The molecule has 0 radical (unpaired) electrons. The van der Waals surface area contributed by atoms with Crippen LogP contribution in [-0.4, -0.2) is 12.9 Å². The molecule has 0 aromatic heterocycles. The molecule has 0 unspecified atom stereocenters. The summed E-state index contributed by atoms with van der Waals surface area (Å²) in [6.45, 7) is 6.24. The van der Waals surface area contributed by atoms with Crippen molar-refractivity contribution in [2.24, 2.45) is 5.92 Å². The Morgan fingerprint density at radius 2 is 2.06 bits per heavy atom. The van der Waals surface area contributed by atoms with Crippen LogP contribution in [0, 0.1) is 12.8 Å². The van der Waals surface area contributed by atoms with E-state index in [4.69, 9.17) is 4.74 Å². The zero-order valence-corrected chi connectivity index (χ0v) is 10.5. The summed E-state index contributed by atoms with van der Waals surface area (Å²) in [6, 6.07) is 5.72. The third-order valence-electron chi connectivity index (χ3n) is 2.60. The zero-order chi connectivity index (χ0) is 12.1. The van der Waals surface area contributed by atoms with Crippen LogP contribution in [0.4, 0.5) is 0 Å². The average Bonchev–Trinajstić information content (AvgIpc) is 2.25. The zero-order valence-electron chi connectivity index (χ0n) is 10.5. The highest BCUT2D eigenvalue weighted by Gasteiger charge is 2.12. The number of rotatable bonds is 5. The Hall–Kier alpha value is -1.31. The Labute approximate surface area is 97.6 Å². The maximum atomic E-state index is 12.0. The first-order valence-electron chi connectivity index (χ1n) is 5.72. The SMILES string of the molecule is COc1ccc(C)cc1C(=O)CCC(C)C. The van der Waals surface area contributed by atoms with Crippen LogP contribution in [-0.2, 0) is 0 Å². The molecule has 16 heavy (non-hydrogen) atoms. The van der Waals surface area contributed by atoms with Crippen molar-refractivity contribution >= 4 is 5.78 Å². The summed E-state index contributed by atoms with van der Waals surface area (Å²) in [6.07, 6.45) is 1.52. The van der Waals surface area contributed by atoms with Gasteiger partial charge in [-0.05, 0) is 31.4 Å². The van der Waals surface area contributed by atoms with Crippen molar-refractivity contribution < 1.29 is 9.53 Å². The first-order chi connectivity index (χ1) is 7.54. The van der Waals surface area contributed by atoms with Crippen LogP contribution in [0.1, 0.15) is 42.6 Å². The number of ether oxygens (including phenoxy) is 1. The van der Waals surface area contributed by atoms with E-state index in [0.717, 1.165) is 12.0 Å². The lowest BCUT2D eigenvalue weighted by molar-refractivity contribution is 0.0972. The fourth-order valence-electron chi connectivity index (χ4n) is 1.59. The molecule has 0 aliphatic carbocycles. The van der Waals surface area contributed by atoms with Crippen LogP contribution in [0.5, 0.6) is 5.75 Å². The van der Waals surface area contributed by atoms with Gasteiger partial charge in [-0.15, -0.1) is 0 Å². The van der Waals surface area contributed by atoms with Crippen LogP contribution >= 0.6 is 0 Å². The molecule has 0 amide bonds. The third-order valence-corrected chi connectivity index (χ3v) is 2.60. The summed E-state index contributed by atoms with van der Waals surface area (Å²) in [5.74, 6) is 1.41. The number of methoxy groups -OCH3 is 1. The van der Waals surface area contributed by atoms with E-state index in [1.54, 1.807) is 7.11 Å². The third kappa shape index (κ3) is 3.37. The Balaban J connectivity index is 2.84. The fraction of sp³-hybridized carbons (Fsp3) is 0.500. The van der Waals surface area contributed by atoms with Crippen molar-refractivity contribution in [2.45, 2.75) is 33.6 Å². The van der Waals surface area contributed by atoms with Crippen molar-refractivity contribution in [3.8, 4) is 5.75 Å². The van der Waals surface area contributed by atoms with Crippen molar-refractivity contribution in [3.63, 3.8) is 0 Å². The Kier molecular flexibility index (Phi) is 4.53. The minimum absolute atomic E-state index is 0.175. The summed E-state index contributed by atoms with van der Waals surface area (Å²) >= 11 is 0. The summed E-state index contributed by atoms with van der Waals surface area (Å²) in [5.41, 5.74) is 1.80. The van der Waals surface area contributed by atoms with E-state index in [0.29, 0.717) is 23.7 Å². The quantitative estimate of drug-likeness (QED) is 0.708. The van der Waals surface area contributed by atoms with Crippen LogP contribution in [0.2, 0.25) is 0 Å². The smallest absolute Gasteiger partial charge is 0.166 e. The number of ketones is 1. The van der Waals surface area contributed by atoms with Crippen LogP contribution in [0.15, 0.2) is 18.2 Å². The summed E-state index contributed by atoms with van der Waals surface area (Å²) < 4.78 is 5.21. The Morgan fingerprint density at radius 3 is 2.62 bits per heavy atom. The van der Waals surface area contributed by atoms with E-state index >= 15 is 0 Å². The highest BCUT2D eigenvalue weighted by molar-refractivity contribution is 5.98. The van der Waals surface area contributed by atoms with Gasteiger partial charge in [-0.25, -0.2) is 0 Å². The molecule has 0 fully saturated rings. The second-order valence-electron chi connectivity index (χ2n) is 4.56. The highest BCUT2D eigenvalue weighted by atomic mass is 16.5. The van der Waals surface area contributed by atoms with Crippen LogP contribution in [0.25, 0.3) is 0 Å². The number of benzene rings is 1. The molecular weight excluding hydrogens is 200 g/mol. The predicted molar refractivity (Wildman–Crippen MR) is 66.1 cm³/mol. The largest absolute Gasteiger partial charge is 0.496 e. The van der Waals surface area contributed by atoms with Gasteiger partial charge in [-0.1, -0.05) is 25.5 Å². The first kappa shape index (κ1) is 12.8. The first-order valence-corrected chi connectivity index (χ1v) is 5.72. The van der Waals surface area contributed by atoms with E-state index in [-0.39, 0.29) is 5.78 Å². The predicted octanol–water partition coefficient (Wildman–Crippen LogP) is 3.62. The molecule has 1 aromatic carbocycles. The number of carbonyl (C=O) groups is 1. The molecule has 0 saturated carbocycles. The van der Waals surface area contributed by atoms with Crippen molar-refractivity contribution in [2.75, 3.05) is 7.11 Å². The molecule has 2 heteroatoms. The molecule has 0 aliphatic heterocycles. The fourth-order valence-corrected chi connectivity index (χ4v) is 1.59. The monoisotopic (exact) mass is 220 g/mol. The van der Waals surface area contributed by atoms with E-state index in [1.165, 1.54) is 0 Å². The summed E-state index contributed by atoms with van der Waals surface area (Å²) in [4.78, 5) is 12.0. The van der Waals surface area contributed by atoms with Gasteiger partial charge in [0, 0.05) is 6.42 Å².